The first-order valence-electron chi connectivity index (χ1n) is 23.1. The molecule has 12 aromatic rings. The first kappa shape index (κ1) is 39.1. The van der Waals surface area contributed by atoms with Gasteiger partial charge in [0, 0.05) is 37.0 Å². The van der Waals surface area contributed by atoms with Gasteiger partial charge in [0.25, 0.3) is 0 Å². The first-order chi connectivity index (χ1) is 33.2. The average molecular weight is 870 g/mol. The van der Waals surface area contributed by atoms with Crippen LogP contribution < -0.4 is 4.90 Å². The minimum atomic E-state index is -0.531. The van der Waals surface area contributed by atoms with Crippen molar-refractivity contribution in [2.24, 2.45) is 0 Å². The summed E-state index contributed by atoms with van der Waals surface area (Å²) in [6, 6.07) is 96.4. The molecule has 1 aliphatic carbocycles. The zero-order valence-corrected chi connectivity index (χ0v) is 37.5. The zero-order valence-electron chi connectivity index (χ0n) is 36.7. The van der Waals surface area contributed by atoms with Crippen molar-refractivity contribution in [2.75, 3.05) is 4.90 Å². The van der Waals surface area contributed by atoms with Crippen molar-refractivity contribution < 1.29 is 0 Å². The van der Waals surface area contributed by atoms with Crippen LogP contribution >= 0.6 is 11.3 Å². The Labute approximate surface area is 395 Å². The van der Waals surface area contributed by atoms with Gasteiger partial charge in [-0.05, 0) is 115 Å². The van der Waals surface area contributed by atoms with Gasteiger partial charge in [-0.3, -0.25) is 0 Å². The molecule has 0 fully saturated rings. The van der Waals surface area contributed by atoms with Gasteiger partial charge in [-0.15, -0.1) is 11.3 Å². The van der Waals surface area contributed by atoms with Gasteiger partial charge in [-0.1, -0.05) is 212 Å². The van der Waals surface area contributed by atoms with Gasteiger partial charge >= 0.3 is 0 Å². The molecule has 0 unspecified atom stereocenters. The summed E-state index contributed by atoms with van der Waals surface area (Å²) in [6.45, 7) is 0. The van der Waals surface area contributed by atoms with Crippen LogP contribution in [0.5, 0.6) is 0 Å². The molecule has 0 radical (unpaired) electrons. The molecule has 1 nitrogen and oxygen atoms in total. The third-order valence-corrected chi connectivity index (χ3v) is 15.1. The second kappa shape index (κ2) is 16.0. The van der Waals surface area contributed by atoms with Crippen LogP contribution in [0.25, 0.3) is 75.5 Å². The van der Waals surface area contributed by atoms with Crippen molar-refractivity contribution in [2.45, 2.75) is 5.41 Å². The third-order valence-electron chi connectivity index (χ3n) is 13.9. The smallest absolute Gasteiger partial charge is 0.0714 e. The summed E-state index contributed by atoms with van der Waals surface area (Å²) < 4.78 is 2.59. The van der Waals surface area contributed by atoms with Gasteiger partial charge in [0.05, 0.1) is 16.8 Å². The molecule has 2 heteroatoms. The predicted molar refractivity (Wildman–Crippen MR) is 285 cm³/mol. The van der Waals surface area contributed by atoms with E-state index in [2.05, 4.69) is 266 Å². The summed E-state index contributed by atoms with van der Waals surface area (Å²) in [6.07, 6.45) is 0. The van der Waals surface area contributed by atoms with Crippen LogP contribution in [-0.4, -0.2) is 0 Å². The summed E-state index contributed by atoms with van der Waals surface area (Å²) in [5, 5.41) is 5.09. The molecule has 13 rings (SSSR count). The Balaban J connectivity index is 1.04. The summed E-state index contributed by atoms with van der Waals surface area (Å²) in [5.41, 5.74) is 17.6. The molecule has 0 spiro atoms. The van der Waals surface area contributed by atoms with E-state index < -0.39 is 5.41 Å². The number of thiophene rings is 1. The van der Waals surface area contributed by atoms with Gasteiger partial charge in [0.1, 0.15) is 0 Å². The maximum absolute atomic E-state index is 2.53. The van der Waals surface area contributed by atoms with Crippen LogP contribution in [0.2, 0.25) is 0 Å². The van der Waals surface area contributed by atoms with E-state index in [0.29, 0.717) is 0 Å². The van der Waals surface area contributed by atoms with Crippen molar-refractivity contribution in [3.8, 4) is 44.5 Å². The molecule has 0 bridgehead atoms. The maximum Gasteiger partial charge on any atom is 0.0714 e. The number of para-hydroxylation sites is 1. The highest BCUT2D eigenvalue weighted by molar-refractivity contribution is 7.25. The number of hydrogen-bond acceptors (Lipinski definition) is 2. The highest BCUT2D eigenvalue weighted by Gasteiger charge is 2.47. The molecule has 0 aliphatic heterocycles. The summed E-state index contributed by atoms with van der Waals surface area (Å²) in [7, 11) is 0. The topological polar surface area (TPSA) is 3.24 Å². The fourth-order valence-electron chi connectivity index (χ4n) is 11.0. The Kier molecular flexibility index (Phi) is 9.33. The Bertz CT molecular complexity index is 3770. The molecular formula is C65H43NS. The lowest BCUT2D eigenvalue weighted by atomic mass is 9.68. The minimum Gasteiger partial charge on any atom is -0.309 e. The summed E-state index contributed by atoms with van der Waals surface area (Å²) >= 11 is 1.87. The van der Waals surface area contributed by atoms with E-state index in [9.17, 15) is 0 Å². The summed E-state index contributed by atoms with van der Waals surface area (Å²) in [5.74, 6) is 0. The van der Waals surface area contributed by atoms with E-state index in [1.54, 1.807) is 0 Å². The van der Waals surface area contributed by atoms with E-state index >= 15 is 0 Å². The Hall–Kier alpha value is -8.30. The van der Waals surface area contributed by atoms with Crippen LogP contribution in [0.15, 0.2) is 261 Å². The van der Waals surface area contributed by atoms with Crippen LogP contribution in [0.4, 0.5) is 17.1 Å². The van der Waals surface area contributed by atoms with Gasteiger partial charge in [0.15, 0.2) is 0 Å². The maximum atomic E-state index is 2.53. The number of anilines is 3. The number of nitrogens with zero attached hydrogens (tertiary/aromatic N) is 1. The van der Waals surface area contributed by atoms with Gasteiger partial charge < -0.3 is 4.90 Å². The molecule has 0 saturated carbocycles. The van der Waals surface area contributed by atoms with E-state index in [1.165, 1.54) is 97.7 Å². The van der Waals surface area contributed by atoms with Crippen LogP contribution in [-0.2, 0) is 5.41 Å². The lowest BCUT2D eigenvalue weighted by Crippen LogP contribution is -2.28. The molecule has 1 heterocycles. The molecule has 0 N–H and O–H groups in total. The largest absolute Gasteiger partial charge is 0.309 e. The molecule has 0 atom stereocenters. The molecular weight excluding hydrogens is 827 g/mol. The number of rotatable bonds is 8. The highest BCUT2D eigenvalue weighted by Crippen LogP contribution is 2.60. The van der Waals surface area contributed by atoms with Crippen molar-refractivity contribution >= 4 is 59.3 Å². The Morgan fingerprint density at radius 1 is 0.328 bits per heavy atom. The van der Waals surface area contributed by atoms with Crippen molar-refractivity contribution in [1.29, 1.82) is 0 Å². The lowest BCUT2D eigenvalue weighted by molar-refractivity contribution is 0.768. The Morgan fingerprint density at radius 2 is 0.881 bits per heavy atom. The van der Waals surface area contributed by atoms with Gasteiger partial charge in [-0.2, -0.15) is 0 Å². The fraction of sp³-hybridized carbons (Fsp3) is 0.0154. The standard InChI is InChI=1S/C65H43NS/c1-3-22-50(23-4-1)65(51-24-5-2-6-25-51)57-30-12-9-27-55(57)64-58(65)31-17-33-60(64)66(59-32-13-10-26-53(59)54-29-16-35-62-63(54)56-28-11-14-34-61(56)67-62)52-40-38-45(39-41-52)47-20-15-21-48(42-47)49-37-36-44-18-7-8-19-46(44)43-49/h1-43H. The predicted octanol–water partition coefficient (Wildman–Crippen LogP) is 18.0. The van der Waals surface area contributed by atoms with Crippen LogP contribution in [0.3, 0.4) is 0 Å². The second-order valence-corrected chi connectivity index (χ2v) is 18.6. The second-order valence-electron chi connectivity index (χ2n) is 17.5. The van der Waals surface area contributed by atoms with Crippen molar-refractivity contribution in [3.05, 3.63) is 283 Å². The van der Waals surface area contributed by atoms with Gasteiger partial charge in [0.2, 0.25) is 0 Å². The summed E-state index contributed by atoms with van der Waals surface area (Å²) in [4.78, 5) is 2.53. The molecule has 1 aromatic heterocycles. The quantitative estimate of drug-likeness (QED) is 0.147. The van der Waals surface area contributed by atoms with Crippen molar-refractivity contribution in [3.63, 3.8) is 0 Å². The van der Waals surface area contributed by atoms with E-state index in [1.807, 2.05) is 11.3 Å². The van der Waals surface area contributed by atoms with E-state index in [-0.39, 0.29) is 0 Å². The first-order valence-corrected chi connectivity index (χ1v) is 23.9. The monoisotopic (exact) mass is 869 g/mol. The SMILES string of the molecule is c1ccc(C2(c3ccccc3)c3ccccc3-c3c(N(c4ccc(-c5cccc(-c6ccc7ccccc7c6)c5)cc4)c4ccccc4-c4cccc5sc6ccccc6c45)cccc32)cc1. The van der Waals surface area contributed by atoms with Crippen LogP contribution in [0.1, 0.15) is 22.3 Å². The minimum absolute atomic E-state index is 0.531. The van der Waals surface area contributed by atoms with Crippen molar-refractivity contribution in [1.82, 2.24) is 0 Å². The zero-order chi connectivity index (χ0) is 44.3. The average Bonchev–Trinajstić information content (AvgIpc) is 3.94. The van der Waals surface area contributed by atoms with E-state index in [4.69, 9.17) is 0 Å². The Morgan fingerprint density at radius 3 is 1.69 bits per heavy atom. The van der Waals surface area contributed by atoms with E-state index in [0.717, 1.165) is 17.1 Å². The number of benzene rings is 11. The molecule has 0 saturated heterocycles. The third kappa shape index (κ3) is 6.29. The molecule has 314 valence electrons. The highest BCUT2D eigenvalue weighted by atomic mass is 32.1. The number of hydrogen-bond donors (Lipinski definition) is 0. The number of fused-ring (bicyclic) bond motifs is 7. The lowest BCUT2D eigenvalue weighted by Gasteiger charge is -2.34. The normalized spacial score (nSPS) is 12.6. The molecule has 11 aromatic carbocycles. The van der Waals surface area contributed by atoms with Gasteiger partial charge in [-0.25, -0.2) is 0 Å². The fourth-order valence-corrected chi connectivity index (χ4v) is 12.1. The molecule has 1 aliphatic rings. The molecule has 67 heavy (non-hydrogen) atoms. The van der Waals surface area contributed by atoms with Crippen LogP contribution in [0, 0.1) is 0 Å². The molecule has 0 amide bonds.